The number of rotatable bonds is 7. The molecule has 240 valence electrons. The molecule has 42 heavy (non-hydrogen) atoms. The van der Waals surface area contributed by atoms with Gasteiger partial charge in [0.05, 0.1) is 31.1 Å². The third kappa shape index (κ3) is 14.1. The third-order valence-corrected chi connectivity index (χ3v) is 6.56. The van der Waals surface area contributed by atoms with E-state index >= 15 is 0 Å². The number of carbonyl (C=O) groups excluding carboxylic acids is 4. The van der Waals surface area contributed by atoms with Crippen molar-refractivity contribution in [1.82, 2.24) is 10.6 Å². The Labute approximate surface area is 248 Å². The van der Waals surface area contributed by atoms with Crippen molar-refractivity contribution in [3.63, 3.8) is 0 Å². The first-order valence-electron chi connectivity index (χ1n) is 14.6. The van der Waals surface area contributed by atoms with E-state index in [0.29, 0.717) is 51.7 Å². The van der Waals surface area contributed by atoms with Gasteiger partial charge in [-0.1, -0.05) is 5.11 Å². The summed E-state index contributed by atoms with van der Waals surface area (Å²) in [5, 5.41) is 9.17. The summed E-state index contributed by atoms with van der Waals surface area (Å²) in [6.45, 7) is 14.9. The topological polar surface area (TPSA) is 204 Å². The summed E-state index contributed by atoms with van der Waals surface area (Å²) in [6, 6.07) is -1.24. The van der Waals surface area contributed by atoms with Crippen LogP contribution < -0.4 is 16.4 Å². The first kappa shape index (κ1) is 36.8. The Kier molecular flexibility index (Phi) is 14.9. The molecule has 14 heteroatoms. The Balaban J connectivity index is 0.000000422. The lowest BCUT2D eigenvalue weighted by molar-refractivity contribution is -0.150. The minimum Gasteiger partial charge on any atom is -0.466 e. The molecule has 2 amide bonds. The van der Waals surface area contributed by atoms with Crippen molar-refractivity contribution in [3.8, 4) is 0 Å². The molecule has 0 bridgehead atoms. The predicted molar refractivity (Wildman–Crippen MR) is 155 cm³/mol. The van der Waals surface area contributed by atoms with Crippen LogP contribution in [0.3, 0.4) is 0 Å². The van der Waals surface area contributed by atoms with Gasteiger partial charge in [0, 0.05) is 23.0 Å². The van der Waals surface area contributed by atoms with Crippen LogP contribution in [0.15, 0.2) is 5.11 Å². The van der Waals surface area contributed by atoms with E-state index in [-0.39, 0.29) is 41.9 Å². The molecule has 2 rings (SSSR count). The molecule has 2 saturated carbocycles. The number of esters is 2. The SMILES string of the molecule is CCOC(=O)[C@@H]1CC[C@@H](N)[C@@H](NC(=O)OC(C)(C)C)C1.CCOC(=O)[C@@H]1CC[C@@H](N=[N+]=[N-])[C@@H](NC(=O)OC(C)(C)C)C1. The van der Waals surface area contributed by atoms with Crippen LogP contribution in [0.25, 0.3) is 10.4 Å². The highest BCUT2D eigenvalue weighted by Crippen LogP contribution is 2.28. The van der Waals surface area contributed by atoms with Crippen LogP contribution in [-0.2, 0) is 28.5 Å². The van der Waals surface area contributed by atoms with Crippen LogP contribution in [-0.4, -0.2) is 72.7 Å². The van der Waals surface area contributed by atoms with Gasteiger partial charge in [-0.15, -0.1) is 0 Å². The van der Waals surface area contributed by atoms with Gasteiger partial charge in [-0.25, -0.2) is 9.59 Å². The maximum atomic E-state index is 11.9. The number of carbonyl (C=O) groups is 4. The second kappa shape index (κ2) is 17.0. The summed E-state index contributed by atoms with van der Waals surface area (Å²) in [5.74, 6) is -0.993. The maximum Gasteiger partial charge on any atom is 0.407 e. The normalized spacial score (nSPS) is 25.7. The fraction of sp³-hybridized carbons (Fsp3) is 0.857. The van der Waals surface area contributed by atoms with Crippen molar-refractivity contribution in [2.45, 2.75) is 129 Å². The largest absolute Gasteiger partial charge is 0.466 e. The van der Waals surface area contributed by atoms with E-state index in [4.69, 9.17) is 30.2 Å². The highest BCUT2D eigenvalue weighted by molar-refractivity contribution is 5.74. The molecule has 2 fully saturated rings. The molecule has 0 saturated heterocycles. The van der Waals surface area contributed by atoms with Crippen LogP contribution in [0.4, 0.5) is 9.59 Å². The first-order valence-corrected chi connectivity index (χ1v) is 14.6. The molecule has 0 aromatic rings. The standard InChI is InChI=1S/C14H24N4O4.C14H26N2O4/c1-5-21-12(19)9-6-7-10(17-18-15)11(8-9)16-13(20)22-14(2,3)4;1-5-19-12(17)9-6-7-10(15)11(8-9)16-13(18)20-14(2,3)4/h9-11H,5-8H2,1-4H3,(H,16,20);9-11H,5-8,15H2,1-4H3,(H,16,18)/t2*9-,10-,11+/m11/s1. The molecule has 4 N–H and O–H groups in total. The van der Waals surface area contributed by atoms with Crippen LogP contribution in [0.5, 0.6) is 0 Å². The number of nitrogens with zero attached hydrogens (tertiary/aromatic N) is 3. The van der Waals surface area contributed by atoms with Gasteiger partial charge in [0.2, 0.25) is 0 Å². The van der Waals surface area contributed by atoms with E-state index in [0.717, 1.165) is 0 Å². The predicted octanol–water partition coefficient (Wildman–Crippen LogP) is 4.49. The molecule has 0 aliphatic heterocycles. The monoisotopic (exact) mass is 598 g/mol. The van der Waals surface area contributed by atoms with E-state index in [1.54, 1.807) is 55.4 Å². The van der Waals surface area contributed by atoms with Crippen LogP contribution in [0, 0.1) is 11.8 Å². The second-order valence-electron chi connectivity index (χ2n) is 12.5. The molecular weight excluding hydrogens is 548 g/mol. The van der Waals surface area contributed by atoms with Gasteiger partial charge in [0.25, 0.3) is 0 Å². The zero-order valence-electron chi connectivity index (χ0n) is 26.3. The first-order chi connectivity index (χ1) is 19.5. The Hall–Kier alpha value is -3.25. The average molecular weight is 599 g/mol. The minimum atomic E-state index is -0.618. The average Bonchev–Trinajstić information content (AvgIpc) is 2.85. The molecule has 2 aliphatic carbocycles. The summed E-state index contributed by atoms with van der Waals surface area (Å²) in [6.07, 6.45) is 2.28. The molecule has 0 heterocycles. The quantitative estimate of drug-likeness (QED) is 0.124. The summed E-state index contributed by atoms with van der Waals surface area (Å²) >= 11 is 0. The molecule has 14 nitrogen and oxygen atoms in total. The molecular formula is C28H50N6O8. The molecule has 0 spiro atoms. The van der Waals surface area contributed by atoms with Gasteiger partial charge in [-0.2, -0.15) is 0 Å². The van der Waals surface area contributed by atoms with E-state index in [9.17, 15) is 19.2 Å². The number of nitrogens with two attached hydrogens (primary N) is 1. The van der Waals surface area contributed by atoms with E-state index in [1.807, 2.05) is 0 Å². The zero-order valence-corrected chi connectivity index (χ0v) is 26.3. The molecule has 0 unspecified atom stereocenters. The van der Waals surface area contributed by atoms with Crippen LogP contribution in [0.1, 0.15) is 93.9 Å². The number of azide groups is 1. The number of hydrogen-bond donors (Lipinski definition) is 3. The highest BCUT2D eigenvalue weighted by Gasteiger charge is 2.36. The number of ether oxygens (including phenoxy) is 4. The summed E-state index contributed by atoms with van der Waals surface area (Å²) in [4.78, 5) is 50.1. The fourth-order valence-corrected chi connectivity index (χ4v) is 4.74. The van der Waals surface area contributed by atoms with Crippen LogP contribution in [0.2, 0.25) is 0 Å². The van der Waals surface area contributed by atoms with Crippen molar-refractivity contribution < 1.29 is 38.1 Å². The van der Waals surface area contributed by atoms with Gasteiger partial charge < -0.3 is 35.3 Å². The van der Waals surface area contributed by atoms with Gasteiger partial charge in [0.15, 0.2) is 0 Å². The van der Waals surface area contributed by atoms with Gasteiger partial charge in [-0.3, -0.25) is 9.59 Å². The highest BCUT2D eigenvalue weighted by atomic mass is 16.6. The van der Waals surface area contributed by atoms with Crippen molar-refractivity contribution >= 4 is 24.1 Å². The second-order valence-corrected chi connectivity index (χ2v) is 12.5. The minimum absolute atomic E-state index is 0.159. The van der Waals surface area contributed by atoms with Gasteiger partial charge in [-0.05, 0) is 99.4 Å². The zero-order chi connectivity index (χ0) is 32.1. The molecule has 0 aromatic carbocycles. The Morgan fingerprint density at radius 3 is 1.64 bits per heavy atom. The van der Waals surface area contributed by atoms with Crippen LogP contribution >= 0.6 is 0 Å². The Morgan fingerprint density at radius 2 is 1.21 bits per heavy atom. The van der Waals surface area contributed by atoms with Gasteiger partial charge >= 0.3 is 24.1 Å². The van der Waals surface area contributed by atoms with E-state index < -0.39 is 29.4 Å². The number of amides is 2. The lowest BCUT2D eigenvalue weighted by Gasteiger charge is -2.34. The Bertz CT molecular complexity index is 957. The van der Waals surface area contributed by atoms with E-state index in [2.05, 4.69) is 20.7 Å². The number of hydrogen-bond acceptors (Lipinski definition) is 10. The lowest BCUT2D eigenvalue weighted by Crippen LogP contribution is -2.53. The molecule has 6 atom stereocenters. The number of nitrogens with one attached hydrogen (secondary N) is 2. The lowest BCUT2D eigenvalue weighted by atomic mass is 9.82. The smallest absolute Gasteiger partial charge is 0.407 e. The van der Waals surface area contributed by atoms with Gasteiger partial charge in [0.1, 0.15) is 11.2 Å². The van der Waals surface area contributed by atoms with Crippen molar-refractivity contribution in [2.24, 2.45) is 22.7 Å². The van der Waals surface area contributed by atoms with Crippen molar-refractivity contribution in [1.29, 1.82) is 0 Å². The summed E-state index contributed by atoms with van der Waals surface area (Å²) in [5.41, 5.74) is 13.5. The van der Waals surface area contributed by atoms with Crippen molar-refractivity contribution in [2.75, 3.05) is 13.2 Å². The molecule has 2 aliphatic rings. The third-order valence-electron chi connectivity index (χ3n) is 6.56. The maximum absolute atomic E-state index is 11.9. The molecule has 0 aromatic heterocycles. The summed E-state index contributed by atoms with van der Waals surface area (Å²) in [7, 11) is 0. The van der Waals surface area contributed by atoms with Crippen molar-refractivity contribution in [3.05, 3.63) is 10.4 Å². The molecule has 0 radical (unpaired) electrons. The fourth-order valence-electron chi connectivity index (χ4n) is 4.74. The Morgan fingerprint density at radius 1 is 0.786 bits per heavy atom. The summed E-state index contributed by atoms with van der Waals surface area (Å²) < 4.78 is 20.5. The number of alkyl carbamates (subject to hydrolysis) is 2. The van der Waals surface area contributed by atoms with E-state index in [1.165, 1.54) is 0 Å².